The van der Waals surface area contributed by atoms with E-state index in [2.05, 4.69) is 20.4 Å². The summed E-state index contributed by atoms with van der Waals surface area (Å²) < 4.78 is 7.43. The Kier molecular flexibility index (Phi) is 4.25. The molecule has 0 unspecified atom stereocenters. The smallest absolute Gasteiger partial charge is 0.255 e. The lowest BCUT2D eigenvalue weighted by Crippen LogP contribution is -2.11. The lowest BCUT2D eigenvalue weighted by atomic mass is 10.1. The highest BCUT2D eigenvalue weighted by Gasteiger charge is 2.09. The Morgan fingerprint density at radius 1 is 1.07 bits per heavy atom. The SMILES string of the molecule is Cc1cccc(C(=O)Nc2ccc(Oc3cc(C)nc4ncnn34)cc2)c1. The van der Waals surface area contributed by atoms with Crippen molar-refractivity contribution in [2.45, 2.75) is 13.8 Å². The number of fused-ring (bicyclic) bond motifs is 1. The molecule has 27 heavy (non-hydrogen) atoms. The Bertz CT molecular complexity index is 1120. The first-order chi connectivity index (χ1) is 13.1. The van der Waals surface area contributed by atoms with E-state index in [0.717, 1.165) is 11.3 Å². The number of anilines is 1. The quantitative estimate of drug-likeness (QED) is 0.600. The van der Waals surface area contributed by atoms with Crippen LogP contribution < -0.4 is 10.1 Å². The summed E-state index contributed by atoms with van der Waals surface area (Å²) in [6, 6.07) is 16.4. The molecule has 0 saturated carbocycles. The molecule has 0 fully saturated rings. The predicted molar refractivity (Wildman–Crippen MR) is 101 cm³/mol. The topological polar surface area (TPSA) is 81.4 Å². The molecule has 0 bridgehead atoms. The summed E-state index contributed by atoms with van der Waals surface area (Å²) in [4.78, 5) is 20.7. The van der Waals surface area contributed by atoms with Crippen molar-refractivity contribution in [3.63, 3.8) is 0 Å². The van der Waals surface area contributed by atoms with E-state index in [-0.39, 0.29) is 5.91 Å². The highest BCUT2D eigenvalue weighted by atomic mass is 16.5. The molecule has 1 N–H and O–H groups in total. The fourth-order valence-corrected chi connectivity index (χ4v) is 2.69. The van der Waals surface area contributed by atoms with Crippen molar-refractivity contribution in [1.82, 2.24) is 19.6 Å². The molecule has 2 aromatic carbocycles. The van der Waals surface area contributed by atoms with Gasteiger partial charge in [0.15, 0.2) is 0 Å². The largest absolute Gasteiger partial charge is 0.439 e. The molecule has 1 amide bonds. The second-order valence-corrected chi connectivity index (χ2v) is 6.16. The van der Waals surface area contributed by atoms with Gasteiger partial charge < -0.3 is 10.1 Å². The summed E-state index contributed by atoms with van der Waals surface area (Å²) in [5.74, 6) is 1.46. The number of carbonyl (C=O) groups excluding carboxylic acids is 1. The molecule has 2 heterocycles. The van der Waals surface area contributed by atoms with Crippen LogP contribution in [0.15, 0.2) is 60.9 Å². The van der Waals surface area contributed by atoms with Crippen molar-refractivity contribution in [3.05, 3.63) is 77.7 Å². The first-order valence-electron chi connectivity index (χ1n) is 8.42. The van der Waals surface area contributed by atoms with E-state index < -0.39 is 0 Å². The lowest BCUT2D eigenvalue weighted by molar-refractivity contribution is 0.102. The average Bonchev–Trinajstić information content (AvgIpc) is 3.12. The number of carbonyl (C=O) groups is 1. The van der Waals surface area contributed by atoms with E-state index in [1.807, 2.05) is 32.0 Å². The Morgan fingerprint density at radius 3 is 2.67 bits per heavy atom. The van der Waals surface area contributed by atoms with Crippen molar-refractivity contribution in [3.8, 4) is 11.6 Å². The summed E-state index contributed by atoms with van der Waals surface area (Å²) in [5, 5.41) is 6.99. The molecule has 0 aliphatic carbocycles. The minimum absolute atomic E-state index is 0.151. The minimum Gasteiger partial charge on any atom is -0.439 e. The lowest BCUT2D eigenvalue weighted by Gasteiger charge is -2.09. The number of amides is 1. The van der Waals surface area contributed by atoms with Gasteiger partial charge in [0, 0.05) is 23.0 Å². The number of rotatable bonds is 4. The third-order valence-corrected chi connectivity index (χ3v) is 3.96. The van der Waals surface area contributed by atoms with Gasteiger partial charge in [-0.25, -0.2) is 4.98 Å². The number of aryl methyl sites for hydroxylation is 2. The van der Waals surface area contributed by atoms with Crippen molar-refractivity contribution < 1.29 is 9.53 Å². The van der Waals surface area contributed by atoms with Gasteiger partial charge >= 0.3 is 0 Å². The number of nitrogens with one attached hydrogen (secondary N) is 1. The van der Waals surface area contributed by atoms with E-state index in [1.165, 1.54) is 10.8 Å². The van der Waals surface area contributed by atoms with Crippen molar-refractivity contribution in [1.29, 1.82) is 0 Å². The summed E-state index contributed by atoms with van der Waals surface area (Å²) in [6.45, 7) is 3.82. The molecule has 0 saturated heterocycles. The number of hydrogen-bond acceptors (Lipinski definition) is 5. The first kappa shape index (κ1) is 16.7. The fourth-order valence-electron chi connectivity index (χ4n) is 2.69. The second kappa shape index (κ2) is 6.87. The number of aromatic nitrogens is 4. The van der Waals surface area contributed by atoms with Crippen LogP contribution in [0.3, 0.4) is 0 Å². The van der Waals surface area contributed by atoms with Gasteiger partial charge in [-0.3, -0.25) is 4.79 Å². The summed E-state index contributed by atoms with van der Waals surface area (Å²) in [7, 11) is 0. The predicted octanol–water partition coefficient (Wildman–Crippen LogP) is 3.79. The summed E-state index contributed by atoms with van der Waals surface area (Å²) in [6.07, 6.45) is 1.43. The molecular weight excluding hydrogens is 342 g/mol. The molecule has 0 spiro atoms. The van der Waals surface area contributed by atoms with Crippen LogP contribution in [-0.4, -0.2) is 25.5 Å². The zero-order chi connectivity index (χ0) is 18.8. The monoisotopic (exact) mass is 359 g/mol. The highest BCUT2D eigenvalue weighted by molar-refractivity contribution is 6.04. The minimum atomic E-state index is -0.151. The van der Waals surface area contributed by atoms with E-state index in [0.29, 0.717) is 28.7 Å². The van der Waals surface area contributed by atoms with Gasteiger partial charge in [-0.05, 0) is 50.2 Å². The zero-order valence-corrected chi connectivity index (χ0v) is 14.9. The van der Waals surface area contributed by atoms with Gasteiger partial charge in [0.1, 0.15) is 12.1 Å². The van der Waals surface area contributed by atoms with Crippen LogP contribution in [0.1, 0.15) is 21.6 Å². The third kappa shape index (κ3) is 3.62. The van der Waals surface area contributed by atoms with E-state index in [1.54, 1.807) is 36.4 Å². The number of benzene rings is 2. The Balaban J connectivity index is 1.50. The highest BCUT2D eigenvalue weighted by Crippen LogP contribution is 2.23. The van der Waals surface area contributed by atoms with Gasteiger partial charge in [0.05, 0.1) is 0 Å². The molecule has 0 radical (unpaired) electrons. The molecule has 7 nitrogen and oxygen atoms in total. The van der Waals surface area contributed by atoms with E-state index >= 15 is 0 Å². The van der Waals surface area contributed by atoms with Crippen molar-refractivity contribution in [2.24, 2.45) is 0 Å². The van der Waals surface area contributed by atoms with Crippen LogP contribution in [0.4, 0.5) is 5.69 Å². The molecule has 134 valence electrons. The molecular formula is C20H17N5O2. The molecule has 0 atom stereocenters. The van der Waals surface area contributed by atoms with Crippen LogP contribution in [-0.2, 0) is 0 Å². The van der Waals surface area contributed by atoms with Crippen LogP contribution >= 0.6 is 0 Å². The normalized spacial score (nSPS) is 10.7. The molecule has 4 aromatic rings. The first-order valence-corrected chi connectivity index (χ1v) is 8.42. The van der Waals surface area contributed by atoms with Crippen molar-refractivity contribution in [2.75, 3.05) is 5.32 Å². The second-order valence-electron chi connectivity index (χ2n) is 6.16. The maximum atomic E-state index is 12.3. The van der Waals surface area contributed by atoms with Crippen LogP contribution in [0.25, 0.3) is 5.78 Å². The molecule has 4 rings (SSSR count). The molecule has 0 aliphatic rings. The van der Waals surface area contributed by atoms with E-state index in [9.17, 15) is 4.79 Å². The van der Waals surface area contributed by atoms with E-state index in [4.69, 9.17) is 4.74 Å². The Hall–Kier alpha value is -3.74. The number of hydrogen-bond donors (Lipinski definition) is 1. The fraction of sp³-hybridized carbons (Fsp3) is 0.100. The number of ether oxygens (including phenoxy) is 1. The third-order valence-electron chi connectivity index (χ3n) is 3.96. The van der Waals surface area contributed by atoms with Crippen molar-refractivity contribution >= 4 is 17.4 Å². The van der Waals surface area contributed by atoms with Gasteiger partial charge in [-0.1, -0.05) is 17.7 Å². The maximum absolute atomic E-state index is 12.3. The summed E-state index contributed by atoms with van der Waals surface area (Å²) >= 11 is 0. The molecule has 7 heteroatoms. The van der Waals surface area contributed by atoms with Crippen LogP contribution in [0.2, 0.25) is 0 Å². The maximum Gasteiger partial charge on any atom is 0.255 e. The number of nitrogens with zero attached hydrogens (tertiary/aromatic N) is 4. The Labute approximate surface area is 155 Å². The Morgan fingerprint density at radius 2 is 1.89 bits per heavy atom. The van der Waals surface area contributed by atoms with Gasteiger partial charge in [-0.15, -0.1) is 0 Å². The molecule has 0 aliphatic heterocycles. The van der Waals surface area contributed by atoms with Gasteiger partial charge in [-0.2, -0.15) is 14.6 Å². The van der Waals surface area contributed by atoms with Gasteiger partial charge in [0.2, 0.25) is 5.88 Å². The van der Waals surface area contributed by atoms with Crippen LogP contribution in [0, 0.1) is 13.8 Å². The molecule has 2 aromatic heterocycles. The average molecular weight is 359 g/mol. The zero-order valence-electron chi connectivity index (χ0n) is 14.9. The van der Waals surface area contributed by atoms with Crippen LogP contribution in [0.5, 0.6) is 11.6 Å². The standard InChI is InChI=1S/C20H17N5O2/c1-13-4-3-5-15(10-13)19(26)24-16-6-8-17(9-7-16)27-18-11-14(2)23-20-21-12-22-25(18)20/h3-12H,1-2H3,(H,24,26). The van der Waals surface area contributed by atoms with Gasteiger partial charge in [0.25, 0.3) is 11.7 Å². The summed E-state index contributed by atoms with van der Waals surface area (Å²) in [5.41, 5.74) is 3.13.